The van der Waals surface area contributed by atoms with Crippen molar-refractivity contribution < 1.29 is 4.79 Å². The zero-order valence-electron chi connectivity index (χ0n) is 7.84. The molecular formula is C9H15N3O. The molecule has 2 aliphatic carbocycles. The molecular weight excluding hydrogens is 166 g/mol. The third-order valence-electron chi connectivity index (χ3n) is 3.32. The Morgan fingerprint density at radius 1 is 1.77 bits per heavy atom. The summed E-state index contributed by atoms with van der Waals surface area (Å²) < 4.78 is 0. The fraction of sp³-hybridized carbons (Fsp3) is 0.778. The van der Waals surface area contributed by atoms with Gasteiger partial charge in [0.05, 0.1) is 0 Å². The van der Waals surface area contributed by atoms with E-state index in [1.807, 2.05) is 0 Å². The number of amides is 2. The maximum absolute atomic E-state index is 10.5. The minimum atomic E-state index is -0.570. The first-order valence-electron chi connectivity index (χ1n) is 4.73. The van der Waals surface area contributed by atoms with Crippen LogP contribution in [0.1, 0.15) is 32.6 Å². The molecule has 2 aliphatic rings. The molecule has 2 bridgehead atoms. The smallest absolute Gasteiger partial charge is 0.332 e. The summed E-state index contributed by atoms with van der Waals surface area (Å²) in [6.07, 6.45) is 4.78. The molecule has 0 radical (unpaired) electrons. The molecule has 72 valence electrons. The molecule has 0 aliphatic heterocycles. The van der Waals surface area contributed by atoms with E-state index in [9.17, 15) is 4.79 Å². The number of nitrogens with one attached hydrogen (secondary N) is 1. The summed E-state index contributed by atoms with van der Waals surface area (Å²) in [5.74, 6) is 0.790. The van der Waals surface area contributed by atoms with E-state index in [4.69, 9.17) is 5.73 Å². The Morgan fingerprint density at radius 3 is 3.00 bits per heavy atom. The molecule has 0 spiro atoms. The van der Waals surface area contributed by atoms with Gasteiger partial charge in [-0.25, -0.2) is 10.2 Å². The molecule has 2 fully saturated rings. The highest BCUT2D eigenvalue weighted by Crippen LogP contribution is 2.51. The van der Waals surface area contributed by atoms with E-state index in [2.05, 4.69) is 17.5 Å². The van der Waals surface area contributed by atoms with Gasteiger partial charge in [-0.2, -0.15) is 5.10 Å². The van der Waals surface area contributed by atoms with Crippen LogP contribution in [-0.4, -0.2) is 11.7 Å². The molecule has 0 aromatic rings. The second kappa shape index (κ2) is 2.72. The van der Waals surface area contributed by atoms with Crippen molar-refractivity contribution in [1.82, 2.24) is 5.43 Å². The number of primary amides is 1. The van der Waals surface area contributed by atoms with Crippen LogP contribution >= 0.6 is 0 Å². The van der Waals surface area contributed by atoms with Crippen LogP contribution in [0.3, 0.4) is 0 Å². The second-order valence-corrected chi connectivity index (χ2v) is 4.41. The van der Waals surface area contributed by atoms with Gasteiger partial charge in [0.2, 0.25) is 0 Å². The van der Waals surface area contributed by atoms with E-state index in [1.54, 1.807) is 0 Å². The van der Waals surface area contributed by atoms with Crippen molar-refractivity contribution in [1.29, 1.82) is 0 Å². The van der Waals surface area contributed by atoms with Gasteiger partial charge in [-0.1, -0.05) is 6.92 Å². The fourth-order valence-electron chi connectivity index (χ4n) is 2.62. The van der Waals surface area contributed by atoms with Crippen molar-refractivity contribution in [3.63, 3.8) is 0 Å². The molecule has 3 N–H and O–H groups in total. The lowest BCUT2D eigenvalue weighted by atomic mass is 9.85. The molecule has 0 aromatic carbocycles. The van der Waals surface area contributed by atoms with Crippen molar-refractivity contribution in [3.8, 4) is 0 Å². The van der Waals surface area contributed by atoms with Gasteiger partial charge in [0, 0.05) is 11.1 Å². The van der Waals surface area contributed by atoms with Crippen molar-refractivity contribution in [2.24, 2.45) is 22.2 Å². The Bertz CT molecular complexity index is 274. The van der Waals surface area contributed by atoms with Crippen LogP contribution in [0.25, 0.3) is 0 Å². The highest BCUT2D eigenvalue weighted by molar-refractivity contribution is 5.93. The minimum absolute atomic E-state index is 0.243. The molecule has 0 saturated heterocycles. The number of urea groups is 1. The average Bonchev–Trinajstić information content (AvgIpc) is 2.55. The summed E-state index contributed by atoms with van der Waals surface area (Å²) in [7, 11) is 0. The van der Waals surface area contributed by atoms with E-state index in [1.165, 1.54) is 19.3 Å². The van der Waals surface area contributed by atoms with Crippen LogP contribution in [0.5, 0.6) is 0 Å². The second-order valence-electron chi connectivity index (χ2n) is 4.41. The summed E-state index contributed by atoms with van der Waals surface area (Å²) in [5, 5.41) is 4.07. The molecule has 4 nitrogen and oxygen atoms in total. The summed E-state index contributed by atoms with van der Waals surface area (Å²) in [5.41, 5.74) is 8.65. The number of hydrogen-bond donors (Lipinski definition) is 2. The Labute approximate surface area is 77.6 Å². The Morgan fingerprint density at radius 2 is 2.54 bits per heavy atom. The van der Waals surface area contributed by atoms with Gasteiger partial charge < -0.3 is 5.73 Å². The first-order chi connectivity index (χ1) is 6.10. The van der Waals surface area contributed by atoms with E-state index >= 15 is 0 Å². The molecule has 2 unspecified atom stereocenters. The number of hydrazone groups is 1. The summed E-state index contributed by atoms with van der Waals surface area (Å²) in [6, 6.07) is -0.570. The van der Waals surface area contributed by atoms with Crippen LogP contribution in [0.4, 0.5) is 4.79 Å². The van der Waals surface area contributed by atoms with Gasteiger partial charge in [0.15, 0.2) is 0 Å². The predicted octanol–water partition coefficient (Wildman–Crippen LogP) is 1.22. The van der Waals surface area contributed by atoms with Gasteiger partial charge in [-0.15, -0.1) is 0 Å². The van der Waals surface area contributed by atoms with Crippen LogP contribution in [0, 0.1) is 11.3 Å². The van der Waals surface area contributed by atoms with Crippen LogP contribution in [0.15, 0.2) is 5.10 Å². The van der Waals surface area contributed by atoms with Crippen LogP contribution in [-0.2, 0) is 0 Å². The first kappa shape index (κ1) is 8.53. The Kier molecular flexibility index (Phi) is 1.78. The molecule has 2 saturated carbocycles. The summed E-state index contributed by atoms with van der Waals surface area (Å²) in [6.45, 7) is 2.22. The summed E-state index contributed by atoms with van der Waals surface area (Å²) in [4.78, 5) is 10.5. The number of carbonyl (C=O) groups excluding carboxylic acids is 1. The van der Waals surface area contributed by atoms with E-state index < -0.39 is 6.03 Å². The molecule has 13 heavy (non-hydrogen) atoms. The molecule has 0 aromatic heterocycles. The van der Waals surface area contributed by atoms with Gasteiger partial charge in [0.1, 0.15) is 0 Å². The highest BCUT2D eigenvalue weighted by atomic mass is 16.2. The van der Waals surface area contributed by atoms with Crippen LogP contribution < -0.4 is 11.2 Å². The molecule has 0 heterocycles. The Balaban J connectivity index is 2.09. The predicted molar refractivity (Wildman–Crippen MR) is 50.2 cm³/mol. The largest absolute Gasteiger partial charge is 0.350 e. The molecule has 4 heteroatoms. The van der Waals surface area contributed by atoms with Crippen LogP contribution in [0.2, 0.25) is 0 Å². The summed E-state index contributed by atoms with van der Waals surface area (Å²) >= 11 is 0. The Hall–Kier alpha value is -1.06. The quantitative estimate of drug-likeness (QED) is 0.587. The highest BCUT2D eigenvalue weighted by Gasteiger charge is 2.46. The minimum Gasteiger partial charge on any atom is -0.350 e. The third-order valence-corrected chi connectivity index (χ3v) is 3.32. The van der Waals surface area contributed by atoms with Crippen molar-refractivity contribution in [2.75, 3.05) is 0 Å². The number of hydrogen-bond acceptors (Lipinski definition) is 2. The standard InChI is InChI=1S/C9H15N3O/c1-9-3-2-6(5-9)4-7(9)11-12-8(10)13/h6H,2-5H2,1H3,(H3,10,12,13)/b11-7-. The number of nitrogens with two attached hydrogens (primary N) is 1. The van der Waals surface area contributed by atoms with Crippen molar-refractivity contribution >= 4 is 11.7 Å². The zero-order chi connectivity index (χ0) is 9.47. The monoisotopic (exact) mass is 181 g/mol. The lowest BCUT2D eigenvalue weighted by molar-refractivity contribution is 0.249. The molecule has 2 rings (SSSR count). The van der Waals surface area contributed by atoms with Gasteiger partial charge in [-0.3, -0.25) is 0 Å². The average molecular weight is 181 g/mol. The molecule has 2 amide bonds. The maximum atomic E-state index is 10.5. The first-order valence-corrected chi connectivity index (χ1v) is 4.73. The number of fused-ring (bicyclic) bond motifs is 2. The molecule has 2 atom stereocenters. The lowest BCUT2D eigenvalue weighted by Gasteiger charge is -2.22. The van der Waals surface area contributed by atoms with Gasteiger partial charge in [0.25, 0.3) is 0 Å². The van der Waals surface area contributed by atoms with Gasteiger partial charge >= 0.3 is 6.03 Å². The topological polar surface area (TPSA) is 67.5 Å². The number of nitrogens with zero attached hydrogens (tertiary/aromatic N) is 1. The number of rotatable bonds is 1. The number of carbonyl (C=O) groups is 1. The van der Waals surface area contributed by atoms with Crippen molar-refractivity contribution in [2.45, 2.75) is 32.6 Å². The fourth-order valence-corrected chi connectivity index (χ4v) is 2.62. The maximum Gasteiger partial charge on any atom is 0.332 e. The van der Waals surface area contributed by atoms with E-state index in [0.29, 0.717) is 0 Å². The van der Waals surface area contributed by atoms with Crippen molar-refractivity contribution in [3.05, 3.63) is 0 Å². The van der Waals surface area contributed by atoms with Gasteiger partial charge in [-0.05, 0) is 31.6 Å². The SMILES string of the molecule is CC12CCC(C/C1=N/NC(N)=O)C2. The van der Waals surface area contributed by atoms with E-state index in [-0.39, 0.29) is 5.41 Å². The normalized spacial score (nSPS) is 39.8. The lowest BCUT2D eigenvalue weighted by Crippen LogP contribution is -2.29. The third kappa shape index (κ3) is 1.41. The van der Waals surface area contributed by atoms with E-state index in [0.717, 1.165) is 18.1 Å². The zero-order valence-corrected chi connectivity index (χ0v) is 7.84.